The number of carbonyl (C=O) groups excluding carboxylic acids is 1. The van der Waals surface area contributed by atoms with E-state index < -0.39 is 5.60 Å². The molecule has 3 aliphatic rings. The molecule has 0 spiro atoms. The van der Waals surface area contributed by atoms with Crippen LogP contribution in [0.5, 0.6) is 0 Å². The Morgan fingerprint density at radius 3 is 2.82 bits per heavy atom. The maximum absolute atomic E-state index is 11.7. The predicted molar refractivity (Wildman–Crippen MR) is 63.4 cm³/mol. The standard InChI is InChI=1S/C14H18O3/c1-7-4-10-12-8(2)11(15)5-9(12)6-14(10,16)13(7)17-3/h9-10,13,16H,1,4-6H2,2-3H3/t9-,10+,13-,14+/m0/s1. The van der Waals surface area contributed by atoms with Crippen LogP contribution in [0, 0.1) is 11.8 Å². The zero-order valence-electron chi connectivity index (χ0n) is 10.3. The number of ether oxygens (including phenoxy) is 1. The first-order valence-corrected chi connectivity index (χ1v) is 6.15. The van der Waals surface area contributed by atoms with Crippen molar-refractivity contribution in [3.8, 4) is 0 Å². The molecule has 0 aromatic rings. The van der Waals surface area contributed by atoms with Crippen molar-refractivity contribution in [2.75, 3.05) is 7.11 Å². The zero-order chi connectivity index (χ0) is 12.4. The zero-order valence-corrected chi connectivity index (χ0v) is 10.3. The third-order valence-electron chi connectivity index (χ3n) is 4.80. The Balaban J connectivity index is 2.07. The van der Waals surface area contributed by atoms with Crippen LogP contribution in [-0.4, -0.2) is 29.7 Å². The molecule has 0 saturated heterocycles. The fourth-order valence-corrected chi connectivity index (χ4v) is 4.16. The average molecular weight is 234 g/mol. The highest BCUT2D eigenvalue weighted by molar-refractivity contribution is 5.99. The maximum Gasteiger partial charge on any atom is 0.159 e. The third kappa shape index (κ3) is 1.21. The summed E-state index contributed by atoms with van der Waals surface area (Å²) in [4.78, 5) is 11.7. The van der Waals surface area contributed by atoms with Gasteiger partial charge >= 0.3 is 0 Å². The highest BCUT2D eigenvalue weighted by Gasteiger charge is 2.61. The molecule has 0 amide bonds. The number of aliphatic hydroxyl groups is 1. The van der Waals surface area contributed by atoms with E-state index >= 15 is 0 Å². The Morgan fingerprint density at radius 2 is 2.18 bits per heavy atom. The highest BCUT2D eigenvalue weighted by atomic mass is 16.5. The van der Waals surface area contributed by atoms with Crippen molar-refractivity contribution in [3.63, 3.8) is 0 Å². The van der Waals surface area contributed by atoms with Crippen LogP contribution < -0.4 is 0 Å². The van der Waals surface area contributed by atoms with Gasteiger partial charge in [-0.25, -0.2) is 0 Å². The first-order valence-electron chi connectivity index (χ1n) is 6.15. The van der Waals surface area contributed by atoms with E-state index in [1.807, 2.05) is 6.92 Å². The molecule has 0 bridgehead atoms. The minimum Gasteiger partial charge on any atom is -0.386 e. The van der Waals surface area contributed by atoms with E-state index in [0.29, 0.717) is 12.8 Å². The molecule has 3 heteroatoms. The molecule has 0 radical (unpaired) electrons. The van der Waals surface area contributed by atoms with E-state index in [0.717, 1.165) is 17.6 Å². The number of methoxy groups -OCH3 is 1. The second-order valence-electron chi connectivity index (χ2n) is 5.63. The normalized spacial score (nSPS) is 44.5. The Hall–Kier alpha value is -0.930. The molecule has 4 atom stereocenters. The van der Waals surface area contributed by atoms with Crippen molar-refractivity contribution in [1.29, 1.82) is 0 Å². The quantitative estimate of drug-likeness (QED) is 0.701. The van der Waals surface area contributed by atoms with E-state index in [-0.39, 0.29) is 23.7 Å². The number of allylic oxidation sites excluding steroid dienone is 1. The summed E-state index contributed by atoms with van der Waals surface area (Å²) in [6.07, 6.45) is 1.70. The lowest BCUT2D eigenvalue weighted by Gasteiger charge is -2.29. The molecule has 3 aliphatic carbocycles. The minimum absolute atomic E-state index is 0.0522. The maximum atomic E-state index is 11.7. The van der Waals surface area contributed by atoms with Crippen LogP contribution in [0.1, 0.15) is 26.2 Å². The highest BCUT2D eigenvalue weighted by Crippen LogP contribution is 2.59. The molecule has 3 rings (SSSR count). The molecular weight excluding hydrogens is 216 g/mol. The molecule has 17 heavy (non-hydrogen) atoms. The van der Waals surface area contributed by atoms with Gasteiger partial charge in [-0.05, 0) is 36.8 Å². The van der Waals surface area contributed by atoms with E-state index in [1.165, 1.54) is 5.57 Å². The Labute approximate surface area is 101 Å². The molecule has 2 saturated carbocycles. The van der Waals surface area contributed by atoms with E-state index in [4.69, 9.17) is 4.74 Å². The monoisotopic (exact) mass is 234 g/mol. The summed E-state index contributed by atoms with van der Waals surface area (Å²) in [5, 5.41) is 10.8. The summed E-state index contributed by atoms with van der Waals surface area (Å²) in [6.45, 7) is 5.90. The average Bonchev–Trinajstić information content (AvgIpc) is 2.74. The Bertz CT molecular complexity index is 448. The number of hydrogen-bond donors (Lipinski definition) is 1. The molecular formula is C14H18O3. The van der Waals surface area contributed by atoms with Gasteiger partial charge in [-0.2, -0.15) is 0 Å². The predicted octanol–water partition coefficient (Wildman–Crippen LogP) is 1.62. The number of hydrogen-bond acceptors (Lipinski definition) is 3. The summed E-state index contributed by atoms with van der Waals surface area (Å²) in [6, 6.07) is 0. The molecule has 0 heterocycles. The number of Topliss-reactive ketones (excluding diaryl/α,β-unsaturated/α-hetero) is 1. The van der Waals surface area contributed by atoms with Gasteiger partial charge in [0.2, 0.25) is 0 Å². The number of rotatable bonds is 1. The number of ketones is 1. The van der Waals surface area contributed by atoms with E-state index in [9.17, 15) is 9.90 Å². The van der Waals surface area contributed by atoms with Gasteiger partial charge in [0.25, 0.3) is 0 Å². The first-order chi connectivity index (χ1) is 7.99. The van der Waals surface area contributed by atoms with Gasteiger partial charge in [0.1, 0.15) is 11.7 Å². The molecule has 2 fully saturated rings. The van der Waals surface area contributed by atoms with E-state index in [2.05, 4.69) is 6.58 Å². The molecule has 0 aromatic carbocycles. The first kappa shape index (κ1) is 11.2. The van der Waals surface area contributed by atoms with Gasteiger partial charge in [0.15, 0.2) is 5.78 Å². The van der Waals surface area contributed by atoms with Crippen molar-refractivity contribution < 1.29 is 14.6 Å². The van der Waals surface area contributed by atoms with Crippen LogP contribution >= 0.6 is 0 Å². The van der Waals surface area contributed by atoms with Crippen molar-refractivity contribution in [1.82, 2.24) is 0 Å². The largest absolute Gasteiger partial charge is 0.386 e. The van der Waals surface area contributed by atoms with Gasteiger partial charge in [-0.1, -0.05) is 12.2 Å². The molecule has 3 nitrogen and oxygen atoms in total. The van der Waals surface area contributed by atoms with Gasteiger partial charge in [-0.3, -0.25) is 4.79 Å². The summed E-state index contributed by atoms with van der Waals surface area (Å²) in [5.41, 5.74) is 2.19. The summed E-state index contributed by atoms with van der Waals surface area (Å²) in [7, 11) is 1.62. The fraction of sp³-hybridized carbons (Fsp3) is 0.643. The lowest BCUT2D eigenvalue weighted by Crippen LogP contribution is -2.41. The lowest BCUT2D eigenvalue weighted by molar-refractivity contribution is -0.116. The van der Waals surface area contributed by atoms with Crippen LogP contribution in [0.25, 0.3) is 0 Å². The van der Waals surface area contributed by atoms with Gasteiger partial charge in [0.05, 0.1) is 0 Å². The van der Waals surface area contributed by atoms with Crippen LogP contribution in [0.2, 0.25) is 0 Å². The van der Waals surface area contributed by atoms with Crippen molar-refractivity contribution in [2.24, 2.45) is 11.8 Å². The minimum atomic E-state index is -0.826. The van der Waals surface area contributed by atoms with Crippen molar-refractivity contribution in [2.45, 2.75) is 37.9 Å². The van der Waals surface area contributed by atoms with Crippen LogP contribution in [-0.2, 0) is 9.53 Å². The smallest absolute Gasteiger partial charge is 0.159 e. The SMILES string of the molecule is C=C1C[C@@H]2C3=C(C)C(=O)C[C@H]3C[C@]2(O)[C@H]1OC. The molecule has 0 aliphatic heterocycles. The number of carbonyl (C=O) groups is 1. The molecule has 0 unspecified atom stereocenters. The molecule has 0 aromatic heterocycles. The second-order valence-corrected chi connectivity index (χ2v) is 5.63. The second kappa shape index (κ2) is 3.30. The third-order valence-corrected chi connectivity index (χ3v) is 4.80. The molecule has 1 N–H and O–H groups in total. The van der Waals surface area contributed by atoms with Gasteiger partial charge in [0, 0.05) is 19.4 Å². The van der Waals surface area contributed by atoms with E-state index in [1.54, 1.807) is 7.11 Å². The fourth-order valence-electron chi connectivity index (χ4n) is 4.16. The summed E-state index contributed by atoms with van der Waals surface area (Å²) < 4.78 is 5.41. The molecule has 92 valence electrons. The van der Waals surface area contributed by atoms with Gasteiger partial charge in [-0.15, -0.1) is 0 Å². The van der Waals surface area contributed by atoms with Crippen molar-refractivity contribution >= 4 is 5.78 Å². The van der Waals surface area contributed by atoms with Crippen LogP contribution in [0.15, 0.2) is 23.3 Å². The van der Waals surface area contributed by atoms with Crippen molar-refractivity contribution in [3.05, 3.63) is 23.3 Å². The Morgan fingerprint density at radius 1 is 1.47 bits per heavy atom. The number of fused-ring (bicyclic) bond motifs is 3. The summed E-state index contributed by atoms with van der Waals surface area (Å²) in [5.74, 6) is 0.540. The van der Waals surface area contributed by atoms with Gasteiger partial charge < -0.3 is 9.84 Å². The topological polar surface area (TPSA) is 46.5 Å². The summed E-state index contributed by atoms with van der Waals surface area (Å²) >= 11 is 0. The van der Waals surface area contributed by atoms with Crippen LogP contribution in [0.4, 0.5) is 0 Å². The Kier molecular flexibility index (Phi) is 2.17. The lowest BCUT2D eigenvalue weighted by atomic mass is 9.89. The van der Waals surface area contributed by atoms with Crippen LogP contribution in [0.3, 0.4) is 0 Å².